The normalized spacial score (nSPS) is 26.4. The lowest BCUT2D eigenvalue weighted by Gasteiger charge is -2.32. The summed E-state index contributed by atoms with van der Waals surface area (Å²) in [6.07, 6.45) is 8.77. The lowest BCUT2D eigenvalue weighted by molar-refractivity contribution is -0.134. The summed E-state index contributed by atoms with van der Waals surface area (Å²) in [5.74, 6) is 4.63. The van der Waals surface area contributed by atoms with Crippen molar-refractivity contribution in [2.75, 3.05) is 0 Å². The summed E-state index contributed by atoms with van der Waals surface area (Å²) in [6.45, 7) is 5.92. The Hall–Kier alpha value is -0.970. The van der Waals surface area contributed by atoms with Crippen molar-refractivity contribution in [3.05, 3.63) is 0 Å². The van der Waals surface area contributed by atoms with Gasteiger partial charge < -0.3 is 4.74 Å². The molecule has 0 saturated heterocycles. The Kier molecular flexibility index (Phi) is 5.38. The van der Waals surface area contributed by atoms with Crippen LogP contribution < -0.4 is 0 Å². The van der Waals surface area contributed by atoms with Crippen LogP contribution in [0.5, 0.6) is 0 Å². The molecule has 3 unspecified atom stereocenters. The van der Waals surface area contributed by atoms with Crippen LogP contribution >= 0.6 is 0 Å². The van der Waals surface area contributed by atoms with Crippen molar-refractivity contribution in [3.63, 3.8) is 0 Å². The van der Waals surface area contributed by atoms with Crippen LogP contribution in [-0.2, 0) is 9.53 Å². The van der Waals surface area contributed by atoms with E-state index in [0.29, 0.717) is 11.8 Å². The van der Waals surface area contributed by atoms with E-state index >= 15 is 0 Å². The van der Waals surface area contributed by atoms with Crippen LogP contribution in [0.1, 0.15) is 52.9 Å². The van der Waals surface area contributed by atoms with Crippen molar-refractivity contribution < 1.29 is 9.53 Å². The molecule has 16 heavy (non-hydrogen) atoms. The quantitative estimate of drug-likeness (QED) is 0.529. The zero-order valence-electron chi connectivity index (χ0n) is 10.6. The topological polar surface area (TPSA) is 26.3 Å². The average Bonchev–Trinajstić information content (AvgIpc) is 2.28. The summed E-state index contributed by atoms with van der Waals surface area (Å²) in [7, 11) is 0. The highest BCUT2D eigenvalue weighted by Crippen LogP contribution is 2.35. The van der Waals surface area contributed by atoms with E-state index in [2.05, 4.69) is 25.9 Å². The van der Waals surface area contributed by atoms with Crippen molar-refractivity contribution in [1.82, 2.24) is 0 Å². The molecule has 1 aliphatic carbocycles. The number of hydrogen-bond acceptors (Lipinski definition) is 2. The Labute approximate surface area is 98.8 Å². The van der Waals surface area contributed by atoms with Gasteiger partial charge in [-0.2, -0.15) is 0 Å². The maximum absolute atomic E-state index is 10.6. The molecule has 1 rings (SSSR count). The van der Waals surface area contributed by atoms with Crippen molar-refractivity contribution >= 4 is 5.97 Å². The van der Waals surface area contributed by atoms with Gasteiger partial charge in [-0.1, -0.05) is 39.0 Å². The molecular weight excluding hydrogens is 200 g/mol. The number of carbonyl (C=O) groups is 1. The molecule has 0 aromatic rings. The molecule has 0 aliphatic heterocycles. The number of rotatable bonds is 2. The average molecular weight is 222 g/mol. The van der Waals surface area contributed by atoms with Gasteiger partial charge in [0.2, 0.25) is 0 Å². The molecule has 0 radical (unpaired) electrons. The van der Waals surface area contributed by atoms with E-state index in [9.17, 15) is 4.79 Å². The predicted molar refractivity (Wildman–Crippen MR) is 64.4 cm³/mol. The molecule has 2 nitrogen and oxygen atoms in total. The summed E-state index contributed by atoms with van der Waals surface area (Å²) in [6, 6.07) is 0. The minimum absolute atomic E-state index is 0.316. The number of carbonyl (C=O) groups excluding carboxylic acids is 1. The molecular formula is C14H22O2. The molecule has 0 N–H and O–H groups in total. The van der Waals surface area contributed by atoms with Gasteiger partial charge in [-0.3, -0.25) is 4.79 Å². The smallest absolute Gasteiger partial charge is 0.316 e. The highest BCUT2D eigenvalue weighted by atomic mass is 16.5. The maximum atomic E-state index is 10.6. The third kappa shape index (κ3) is 3.89. The first-order valence-electron chi connectivity index (χ1n) is 6.33. The first-order valence-corrected chi connectivity index (χ1v) is 6.33. The van der Waals surface area contributed by atoms with Crippen molar-refractivity contribution in [2.45, 2.75) is 52.9 Å². The highest BCUT2D eigenvalue weighted by Gasteiger charge is 2.27. The van der Waals surface area contributed by atoms with Crippen LogP contribution in [0.15, 0.2) is 0 Å². The van der Waals surface area contributed by atoms with Crippen molar-refractivity contribution in [3.8, 4) is 12.0 Å². The van der Waals surface area contributed by atoms with Gasteiger partial charge in [-0.15, -0.1) is 0 Å². The predicted octanol–water partition coefficient (Wildman–Crippen LogP) is 3.36. The second kappa shape index (κ2) is 6.58. The Balaban J connectivity index is 2.58. The zero-order valence-corrected chi connectivity index (χ0v) is 10.6. The Morgan fingerprint density at radius 3 is 2.75 bits per heavy atom. The Morgan fingerprint density at radius 1 is 1.44 bits per heavy atom. The van der Waals surface area contributed by atoms with Crippen molar-refractivity contribution in [2.24, 2.45) is 17.8 Å². The molecule has 0 aromatic heterocycles. The molecule has 2 heteroatoms. The van der Waals surface area contributed by atoms with Crippen LogP contribution in [0.3, 0.4) is 0 Å². The molecule has 90 valence electrons. The summed E-state index contributed by atoms with van der Waals surface area (Å²) >= 11 is 0. The van der Waals surface area contributed by atoms with Gasteiger partial charge in [0.1, 0.15) is 6.11 Å². The summed E-state index contributed by atoms with van der Waals surface area (Å²) < 4.78 is 4.71. The van der Waals surface area contributed by atoms with Crippen LogP contribution in [0.2, 0.25) is 0 Å². The van der Waals surface area contributed by atoms with Gasteiger partial charge >= 0.3 is 5.97 Å². The Morgan fingerprint density at radius 2 is 2.12 bits per heavy atom. The van der Waals surface area contributed by atoms with E-state index in [4.69, 9.17) is 4.74 Å². The van der Waals surface area contributed by atoms with E-state index in [0.717, 1.165) is 12.3 Å². The molecule has 1 fully saturated rings. The van der Waals surface area contributed by atoms with Crippen LogP contribution in [0, 0.1) is 29.8 Å². The molecule has 3 atom stereocenters. The molecule has 0 spiro atoms. The number of ether oxygens (including phenoxy) is 1. The van der Waals surface area contributed by atoms with E-state index in [1.807, 2.05) is 0 Å². The monoisotopic (exact) mass is 222 g/mol. The van der Waals surface area contributed by atoms with E-state index in [1.165, 1.54) is 32.6 Å². The fraction of sp³-hybridized carbons (Fsp3) is 0.786. The SMILES string of the molecule is CCC(C)C1CCCCC1C#COC(C)=O. The fourth-order valence-corrected chi connectivity index (χ4v) is 2.50. The fourth-order valence-electron chi connectivity index (χ4n) is 2.50. The highest BCUT2D eigenvalue weighted by molar-refractivity contribution is 5.67. The van der Waals surface area contributed by atoms with Crippen LogP contribution in [0.4, 0.5) is 0 Å². The first-order chi connectivity index (χ1) is 7.65. The lowest BCUT2D eigenvalue weighted by atomic mass is 9.72. The molecule has 1 saturated carbocycles. The molecule has 0 bridgehead atoms. The summed E-state index contributed by atoms with van der Waals surface area (Å²) in [4.78, 5) is 10.6. The second-order valence-corrected chi connectivity index (χ2v) is 4.78. The summed E-state index contributed by atoms with van der Waals surface area (Å²) in [5.41, 5.74) is 0. The zero-order chi connectivity index (χ0) is 12.0. The second-order valence-electron chi connectivity index (χ2n) is 4.78. The van der Waals surface area contributed by atoms with Gasteiger partial charge in [0.05, 0.1) is 0 Å². The van der Waals surface area contributed by atoms with Gasteiger partial charge in [0.25, 0.3) is 0 Å². The maximum Gasteiger partial charge on any atom is 0.316 e. The first kappa shape index (κ1) is 13.1. The minimum atomic E-state index is -0.316. The van der Waals surface area contributed by atoms with Gasteiger partial charge in [0, 0.05) is 12.8 Å². The Bertz CT molecular complexity index is 285. The number of hydrogen-bond donors (Lipinski definition) is 0. The summed E-state index contributed by atoms with van der Waals surface area (Å²) in [5, 5.41) is 0. The van der Waals surface area contributed by atoms with Gasteiger partial charge in [0.15, 0.2) is 0 Å². The molecule has 0 aromatic carbocycles. The largest absolute Gasteiger partial charge is 0.372 e. The molecule has 1 aliphatic rings. The molecule has 0 amide bonds. The standard InChI is InChI=1S/C14H22O2/c1-4-11(2)14-8-6-5-7-13(14)9-10-16-12(3)15/h11,13-14H,4-8H2,1-3H3. The van der Waals surface area contributed by atoms with E-state index < -0.39 is 0 Å². The van der Waals surface area contributed by atoms with Crippen LogP contribution in [-0.4, -0.2) is 5.97 Å². The van der Waals surface area contributed by atoms with Crippen LogP contribution in [0.25, 0.3) is 0 Å². The minimum Gasteiger partial charge on any atom is -0.372 e. The lowest BCUT2D eigenvalue weighted by Crippen LogP contribution is -2.24. The van der Waals surface area contributed by atoms with Crippen molar-refractivity contribution in [1.29, 1.82) is 0 Å². The third-order valence-electron chi connectivity index (χ3n) is 3.63. The van der Waals surface area contributed by atoms with E-state index in [1.54, 1.807) is 0 Å². The van der Waals surface area contributed by atoms with Gasteiger partial charge in [-0.25, -0.2) is 0 Å². The third-order valence-corrected chi connectivity index (χ3v) is 3.63. The van der Waals surface area contributed by atoms with E-state index in [-0.39, 0.29) is 5.97 Å². The molecule has 0 heterocycles. The van der Waals surface area contributed by atoms with Gasteiger partial charge in [-0.05, 0) is 24.7 Å². The number of esters is 1.